The predicted molar refractivity (Wildman–Crippen MR) is 98.1 cm³/mol. The van der Waals surface area contributed by atoms with Crippen molar-refractivity contribution in [3.05, 3.63) is 48.3 Å². The van der Waals surface area contributed by atoms with Gasteiger partial charge >= 0.3 is 0 Å². The Bertz CT molecular complexity index is 901. The van der Waals surface area contributed by atoms with Gasteiger partial charge in [0.1, 0.15) is 11.3 Å². The van der Waals surface area contributed by atoms with Gasteiger partial charge in [-0.15, -0.1) is 0 Å². The summed E-state index contributed by atoms with van der Waals surface area (Å²) in [6.45, 7) is 0. The molecule has 2 heterocycles. The molecule has 1 saturated heterocycles. The second-order valence-electron chi connectivity index (χ2n) is 6.08. The largest absolute Gasteiger partial charge is 0.436 e. The van der Waals surface area contributed by atoms with Crippen LogP contribution in [0.1, 0.15) is 12.8 Å². The maximum absolute atomic E-state index is 13.3. The summed E-state index contributed by atoms with van der Waals surface area (Å²) in [6.07, 6.45) is 1.88. The molecule has 128 valence electrons. The van der Waals surface area contributed by atoms with Crippen molar-refractivity contribution in [2.45, 2.75) is 12.8 Å². The van der Waals surface area contributed by atoms with Crippen LogP contribution >= 0.6 is 11.8 Å². The number of carbonyl (C=O) groups is 1. The number of hydrogen-bond donors (Lipinski definition) is 1. The van der Waals surface area contributed by atoms with Gasteiger partial charge in [-0.1, -0.05) is 0 Å². The van der Waals surface area contributed by atoms with E-state index in [0.717, 1.165) is 35.6 Å². The van der Waals surface area contributed by atoms with E-state index in [2.05, 4.69) is 10.3 Å². The fraction of sp³-hybridized carbons (Fsp3) is 0.263. The lowest BCUT2D eigenvalue weighted by Crippen LogP contribution is -2.26. The lowest BCUT2D eigenvalue weighted by atomic mass is 10.0. The molecule has 1 aliphatic rings. The van der Waals surface area contributed by atoms with Crippen LogP contribution in [0.5, 0.6) is 0 Å². The summed E-state index contributed by atoms with van der Waals surface area (Å²) < 4.78 is 18.9. The maximum atomic E-state index is 13.3. The zero-order chi connectivity index (χ0) is 17.2. The summed E-state index contributed by atoms with van der Waals surface area (Å²) in [7, 11) is 0. The summed E-state index contributed by atoms with van der Waals surface area (Å²) in [5.41, 5.74) is 2.57. The number of aromatic nitrogens is 1. The van der Waals surface area contributed by atoms with Crippen LogP contribution in [-0.4, -0.2) is 22.4 Å². The lowest BCUT2D eigenvalue weighted by Gasteiger charge is -2.20. The van der Waals surface area contributed by atoms with Gasteiger partial charge in [-0.25, -0.2) is 9.37 Å². The molecule has 1 N–H and O–H groups in total. The molecule has 0 saturated carbocycles. The van der Waals surface area contributed by atoms with Gasteiger partial charge in [0.15, 0.2) is 5.58 Å². The van der Waals surface area contributed by atoms with Crippen molar-refractivity contribution in [1.82, 2.24) is 4.98 Å². The summed E-state index contributed by atoms with van der Waals surface area (Å²) in [5.74, 6) is 2.39. The quantitative estimate of drug-likeness (QED) is 0.738. The van der Waals surface area contributed by atoms with Crippen molar-refractivity contribution in [3.8, 4) is 11.5 Å². The molecule has 2 aromatic carbocycles. The Balaban J connectivity index is 1.49. The Morgan fingerprint density at radius 1 is 1.16 bits per heavy atom. The Morgan fingerprint density at radius 3 is 2.68 bits per heavy atom. The number of hydrogen-bond acceptors (Lipinski definition) is 4. The molecule has 3 aromatic rings. The molecule has 0 unspecified atom stereocenters. The van der Waals surface area contributed by atoms with E-state index in [0.29, 0.717) is 17.0 Å². The number of carbonyl (C=O) groups excluding carboxylic acids is 1. The standard InChI is InChI=1S/C19H17FN2O2S/c20-14-3-6-17-16(11-14)22-19(24-17)13-1-4-15(5-2-13)21-18(23)12-7-9-25-10-8-12/h1-6,11-12H,7-10H2,(H,21,23). The highest BCUT2D eigenvalue weighted by molar-refractivity contribution is 7.99. The van der Waals surface area contributed by atoms with E-state index in [9.17, 15) is 9.18 Å². The molecule has 0 spiro atoms. The van der Waals surface area contributed by atoms with E-state index < -0.39 is 0 Å². The maximum Gasteiger partial charge on any atom is 0.227 e. The minimum Gasteiger partial charge on any atom is -0.436 e. The molecule has 4 rings (SSSR count). The van der Waals surface area contributed by atoms with Crippen LogP contribution in [0.2, 0.25) is 0 Å². The normalized spacial score (nSPS) is 15.4. The summed E-state index contributed by atoms with van der Waals surface area (Å²) in [4.78, 5) is 16.6. The number of rotatable bonds is 3. The fourth-order valence-corrected chi connectivity index (χ4v) is 4.03. The number of nitrogens with zero attached hydrogens (tertiary/aromatic N) is 1. The molecule has 1 aliphatic heterocycles. The molecule has 1 fully saturated rings. The van der Waals surface area contributed by atoms with Crippen LogP contribution in [0.15, 0.2) is 46.9 Å². The number of amides is 1. The molecule has 0 aliphatic carbocycles. The van der Waals surface area contributed by atoms with Gasteiger partial charge in [-0.05, 0) is 60.7 Å². The molecular formula is C19H17FN2O2S. The third-order valence-electron chi connectivity index (χ3n) is 4.34. The highest BCUT2D eigenvalue weighted by Crippen LogP contribution is 2.27. The van der Waals surface area contributed by atoms with Crippen molar-refractivity contribution < 1.29 is 13.6 Å². The van der Waals surface area contributed by atoms with Crippen molar-refractivity contribution in [3.63, 3.8) is 0 Å². The van der Waals surface area contributed by atoms with Crippen LogP contribution in [0.4, 0.5) is 10.1 Å². The first-order valence-electron chi connectivity index (χ1n) is 8.24. The Morgan fingerprint density at radius 2 is 1.92 bits per heavy atom. The van der Waals surface area contributed by atoms with E-state index in [1.807, 2.05) is 36.0 Å². The minimum absolute atomic E-state index is 0.0883. The van der Waals surface area contributed by atoms with E-state index in [1.54, 1.807) is 6.07 Å². The van der Waals surface area contributed by atoms with Gasteiger partial charge in [-0.3, -0.25) is 4.79 Å². The number of oxazole rings is 1. The van der Waals surface area contributed by atoms with Crippen LogP contribution in [0.25, 0.3) is 22.6 Å². The van der Waals surface area contributed by atoms with E-state index in [-0.39, 0.29) is 17.6 Å². The third-order valence-corrected chi connectivity index (χ3v) is 5.39. The SMILES string of the molecule is O=C(Nc1ccc(-c2nc3cc(F)ccc3o2)cc1)C1CCSCC1. The molecular weight excluding hydrogens is 339 g/mol. The average Bonchev–Trinajstić information content (AvgIpc) is 3.06. The zero-order valence-corrected chi connectivity index (χ0v) is 14.3. The minimum atomic E-state index is -0.341. The van der Waals surface area contributed by atoms with Crippen LogP contribution in [0.3, 0.4) is 0 Å². The van der Waals surface area contributed by atoms with E-state index >= 15 is 0 Å². The monoisotopic (exact) mass is 356 g/mol. The van der Waals surface area contributed by atoms with Gasteiger partial charge in [0.05, 0.1) is 0 Å². The Hall–Kier alpha value is -2.34. The van der Waals surface area contributed by atoms with Crippen molar-refractivity contribution in [1.29, 1.82) is 0 Å². The summed E-state index contributed by atoms with van der Waals surface area (Å²) >= 11 is 1.90. The predicted octanol–water partition coefficient (Wildman–Crippen LogP) is 4.72. The molecule has 1 aromatic heterocycles. The number of halogens is 1. The van der Waals surface area contributed by atoms with E-state index in [1.165, 1.54) is 12.1 Å². The molecule has 4 nitrogen and oxygen atoms in total. The second kappa shape index (κ2) is 6.88. The number of anilines is 1. The second-order valence-corrected chi connectivity index (χ2v) is 7.31. The Labute approximate surface area is 148 Å². The van der Waals surface area contributed by atoms with Crippen molar-refractivity contribution in [2.75, 3.05) is 16.8 Å². The van der Waals surface area contributed by atoms with Gasteiger partial charge in [0, 0.05) is 23.2 Å². The third kappa shape index (κ3) is 3.54. The average molecular weight is 356 g/mol. The van der Waals surface area contributed by atoms with Gasteiger partial charge in [0.2, 0.25) is 11.8 Å². The fourth-order valence-electron chi connectivity index (χ4n) is 2.92. The molecule has 0 radical (unpaired) electrons. The molecule has 6 heteroatoms. The van der Waals surface area contributed by atoms with Crippen LogP contribution in [-0.2, 0) is 4.79 Å². The van der Waals surface area contributed by atoms with E-state index in [4.69, 9.17) is 4.42 Å². The molecule has 0 atom stereocenters. The Kier molecular flexibility index (Phi) is 4.44. The highest BCUT2D eigenvalue weighted by Gasteiger charge is 2.21. The van der Waals surface area contributed by atoms with Crippen LogP contribution in [0, 0.1) is 11.7 Å². The summed E-state index contributed by atoms with van der Waals surface area (Å²) in [5, 5.41) is 2.98. The molecule has 0 bridgehead atoms. The number of thioether (sulfide) groups is 1. The van der Waals surface area contributed by atoms with Crippen molar-refractivity contribution >= 4 is 34.5 Å². The number of nitrogens with one attached hydrogen (secondary N) is 1. The topological polar surface area (TPSA) is 55.1 Å². The van der Waals surface area contributed by atoms with Crippen LogP contribution < -0.4 is 5.32 Å². The summed E-state index contributed by atoms with van der Waals surface area (Å²) in [6, 6.07) is 11.6. The molecule has 1 amide bonds. The lowest BCUT2D eigenvalue weighted by molar-refractivity contribution is -0.120. The first-order chi connectivity index (χ1) is 12.2. The van der Waals surface area contributed by atoms with Crippen molar-refractivity contribution in [2.24, 2.45) is 5.92 Å². The first-order valence-corrected chi connectivity index (χ1v) is 9.40. The van der Waals surface area contributed by atoms with Gasteiger partial charge < -0.3 is 9.73 Å². The van der Waals surface area contributed by atoms with Gasteiger partial charge in [-0.2, -0.15) is 11.8 Å². The number of fused-ring (bicyclic) bond motifs is 1. The smallest absolute Gasteiger partial charge is 0.227 e. The first kappa shape index (κ1) is 16.1. The van der Waals surface area contributed by atoms with Gasteiger partial charge in [0.25, 0.3) is 0 Å². The zero-order valence-electron chi connectivity index (χ0n) is 13.5. The molecule has 25 heavy (non-hydrogen) atoms. The highest BCUT2D eigenvalue weighted by atomic mass is 32.2. The number of benzene rings is 2.